The number of carbonyl (C=O) groups is 2. The maximum absolute atomic E-state index is 12.7. The molecule has 36 heavy (non-hydrogen) atoms. The van der Waals surface area contributed by atoms with Gasteiger partial charge < -0.3 is 14.8 Å². The van der Waals surface area contributed by atoms with Gasteiger partial charge >= 0.3 is 0 Å². The number of benzene rings is 3. The molecule has 9 heteroatoms. The number of carbonyl (C=O) groups excluding carboxylic acids is 2. The molecule has 3 aromatic carbocycles. The number of ether oxygens (including phenoxy) is 2. The molecule has 3 aromatic rings. The molecule has 0 aliphatic carbocycles. The monoisotopic (exact) mass is 571 g/mol. The number of hydrogen-bond donors (Lipinski definition) is 2. The molecule has 7 nitrogen and oxygen atoms in total. The highest BCUT2D eigenvalue weighted by Crippen LogP contribution is 2.26. The molecule has 0 aliphatic heterocycles. The van der Waals surface area contributed by atoms with E-state index >= 15 is 0 Å². The summed E-state index contributed by atoms with van der Waals surface area (Å²) in [5.74, 6) is 0.409. The fourth-order valence-electron chi connectivity index (χ4n) is 3.20. The minimum atomic E-state index is -0.757. The number of hydrogen-bond acceptors (Lipinski definition) is 5. The van der Waals surface area contributed by atoms with Crippen molar-refractivity contribution in [3.8, 4) is 11.5 Å². The highest BCUT2D eigenvalue weighted by atomic mass is 79.9. The summed E-state index contributed by atoms with van der Waals surface area (Å²) < 4.78 is 11.7. The Kier molecular flexibility index (Phi) is 9.90. The maximum Gasteiger partial charge on any atom is 0.262 e. The molecule has 2 amide bonds. The van der Waals surface area contributed by atoms with Crippen molar-refractivity contribution in [1.29, 1.82) is 0 Å². The van der Waals surface area contributed by atoms with Crippen molar-refractivity contribution in [2.75, 3.05) is 7.11 Å². The van der Waals surface area contributed by atoms with E-state index in [2.05, 4.69) is 31.8 Å². The summed E-state index contributed by atoms with van der Waals surface area (Å²) in [5.41, 5.74) is 4.70. The summed E-state index contributed by atoms with van der Waals surface area (Å²) in [6, 6.07) is 18.8. The van der Waals surface area contributed by atoms with Crippen molar-refractivity contribution in [1.82, 2.24) is 10.7 Å². The molecule has 0 fully saturated rings. The Bertz CT molecular complexity index is 1210. The first-order valence-corrected chi connectivity index (χ1v) is 12.4. The zero-order chi connectivity index (χ0) is 26.1. The van der Waals surface area contributed by atoms with Crippen molar-refractivity contribution in [3.63, 3.8) is 0 Å². The molecule has 0 spiro atoms. The topological polar surface area (TPSA) is 89.0 Å². The second-order valence-electron chi connectivity index (χ2n) is 8.26. The van der Waals surface area contributed by atoms with Gasteiger partial charge in [0.1, 0.15) is 24.1 Å². The van der Waals surface area contributed by atoms with Crippen LogP contribution in [-0.2, 0) is 11.4 Å². The van der Waals surface area contributed by atoms with Crippen LogP contribution >= 0.6 is 27.5 Å². The van der Waals surface area contributed by atoms with Crippen molar-refractivity contribution in [2.24, 2.45) is 11.0 Å². The number of rotatable bonds is 10. The first kappa shape index (κ1) is 27.2. The summed E-state index contributed by atoms with van der Waals surface area (Å²) in [4.78, 5) is 25.3. The Balaban J connectivity index is 1.56. The molecule has 0 saturated carbocycles. The molecule has 1 atom stereocenters. The SMILES string of the molecule is COc1ccc(C(=O)NC(C(=O)NN=Cc2ccc(OCc3ccc(Cl)cc3)c(Br)c2)C(C)C)cc1. The van der Waals surface area contributed by atoms with Crippen molar-refractivity contribution >= 4 is 45.6 Å². The molecule has 3 rings (SSSR count). The normalized spacial score (nSPS) is 11.8. The molecule has 0 aromatic heterocycles. The predicted octanol–water partition coefficient (Wildman–Crippen LogP) is 5.59. The highest BCUT2D eigenvalue weighted by Gasteiger charge is 2.24. The van der Waals surface area contributed by atoms with Gasteiger partial charge in [-0.3, -0.25) is 9.59 Å². The summed E-state index contributed by atoms with van der Waals surface area (Å²) in [5, 5.41) is 7.50. The number of nitrogens with one attached hydrogen (secondary N) is 2. The van der Waals surface area contributed by atoms with Gasteiger partial charge in [-0.25, -0.2) is 5.43 Å². The Hall–Kier alpha value is -3.36. The van der Waals surface area contributed by atoms with E-state index in [1.54, 1.807) is 31.4 Å². The van der Waals surface area contributed by atoms with Crippen LogP contribution in [0.2, 0.25) is 5.02 Å². The third-order valence-corrected chi connectivity index (χ3v) is 6.11. The minimum absolute atomic E-state index is 0.145. The Morgan fingerprint density at radius 3 is 2.36 bits per heavy atom. The molecule has 2 N–H and O–H groups in total. The van der Waals surface area contributed by atoms with E-state index in [1.807, 2.05) is 56.3 Å². The van der Waals surface area contributed by atoms with Crippen LogP contribution in [-0.4, -0.2) is 31.2 Å². The summed E-state index contributed by atoms with van der Waals surface area (Å²) in [6.07, 6.45) is 1.52. The van der Waals surface area contributed by atoms with Gasteiger partial charge in [0.2, 0.25) is 0 Å². The summed E-state index contributed by atoms with van der Waals surface area (Å²) in [7, 11) is 1.55. The van der Waals surface area contributed by atoms with E-state index in [0.717, 1.165) is 15.6 Å². The first-order valence-electron chi connectivity index (χ1n) is 11.2. The highest BCUT2D eigenvalue weighted by molar-refractivity contribution is 9.10. The smallest absolute Gasteiger partial charge is 0.262 e. The predicted molar refractivity (Wildman–Crippen MR) is 145 cm³/mol. The molecule has 0 aliphatic rings. The lowest BCUT2D eigenvalue weighted by Gasteiger charge is -2.20. The first-order chi connectivity index (χ1) is 17.3. The van der Waals surface area contributed by atoms with E-state index in [4.69, 9.17) is 21.1 Å². The van der Waals surface area contributed by atoms with E-state index in [-0.39, 0.29) is 11.8 Å². The molecule has 0 radical (unpaired) electrons. The van der Waals surface area contributed by atoms with E-state index < -0.39 is 11.9 Å². The van der Waals surface area contributed by atoms with E-state index in [0.29, 0.717) is 28.7 Å². The van der Waals surface area contributed by atoms with Crippen LogP contribution in [0, 0.1) is 5.92 Å². The lowest BCUT2D eigenvalue weighted by atomic mass is 10.0. The molecule has 0 saturated heterocycles. The lowest BCUT2D eigenvalue weighted by Crippen LogP contribution is -2.48. The lowest BCUT2D eigenvalue weighted by molar-refractivity contribution is -0.123. The molecule has 188 valence electrons. The van der Waals surface area contributed by atoms with Crippen LogP contribution in [0.4, 0.5) is 0 Å². The fraction of sp³-hybridized carbons (Fsp3) is 0.222. The van der Waals surface area contributed by atoms with Crippen LogP contribution in [0.15, 0.2) is 76.3 Å². The molecule has 1 unspecified atom stereocenters. The van der Waals surface area contributed by atoms with Crippen LogP contribution in [0.5, 0.6) is 11.5 Å². The number of nitrogens with zero attached hydrogens (tertiary/aromatic N) is 1. The third kappa shape index (κ3) is 7.83. The third-order valence-electron chi connectivity index (χ3n) is 5.24. The summed E-state index contributed by atoms with van der Waals surface area (Å²) >= 11 is 9.42. The van der Waals surface area contributed by atoms with Crippen molar-refractivity contribution < 1.29 is 19.1 Å². The zero-order valence-electron chi connectivity index (χ0n) is 20.1. The maximum atomic E-state index is 12.7. The average Bonchev–Trinajstić information content (AvgIpc) is 2.87. The Morgan fingerprint density at radius 2 is 1.75 bits per heavy atom. The van der Waals surface area contributed by atoms with Gasteiger partial charge in [0.25, 0.3) is 11.8 Å². The van der Waals surface area contributed by atoms with Crippen LogP contribution in [0.25, 0.3) is 0 Å². The Morgan fingerprint density at radius 1 is 1.06 bits per heavy atom. The van der Waals surface area contributed by atoms with Gasteiger partial charge in [0, 0.05) is 10.6 Å². The Labute approximate surface area is 224 Å². The van der Waals surface area contributed by atoms with Crippen LogP contribution in [0.3, 0.4) is 0 Å². The van der Waals surface area contributed by atoms with Gasteiger partial charge in [0.05, 0.1) is 17.8 Å². The molecular weight excluding hydrogens is 546 g/mol. The quantitative estimate of drug-likeness (QED) is 0.245. The molecule has 0 heterocycles. The molecular formula is C27H27BrClN3O4. The summed E-state index contributed by atoms with van der Waals surface area (Å²) in [6.45, 7) is 4.10. The van der Waals surface area contributed by atoms with Gasteiger partial charge in [-0.05, 0) is 87.6 Å². The zero-order valence-corrected chi connectivity index (χ0v) is 22.5. The number of amides is 2. The van der Waals surface area contributed by atoms with Crippen LogP contribution in [0.1, 0.15) is 35.3 Å². The number of hydrazone groups is 1. The van der Waals surface area contributed by atoms with Crippen molar-refractivity contribution in [2.45, 2.75) is 26.5 Å². The fourth-order valence-corrected chi connectivity index (χ4v) is 3.84. The second kappa shape index (κ2) is 13.1. The minimum Gasteiger partial charge on any atom is -0.497 e. The van der Waals surface area contributed by atoms with E-state index in [1.165, 1.54) is 6.21 Å². The van der Waals surface area contributed by atoms with E-state index in [9.17, 15) is 9.59 Å². The largest absolute Gasteiger partial charge is 0.497 e. The average molecular weight is 573 g/mol. The van der Waals surface area contributed by atoms with Gasteiger partial charge in [0.15, 0.2) is 0 Å². The number of halogens is 2. The van der Waals surface area contributed by atoms with Gasteiger partial charge in [-0.1, -0.05) is 37.6 Å². The second-order valence-corrected chi connectivity index (χ2v) is 9.55. The van der Waals surface area contributed by atoms with Gasteiger partial charge in [-0.15, -0.1) is 0 Å². The van der Waals surface area contributed by atoms with Crippen molar-refractivity contribution in [3.05, 3.63) is 92.9 Å². The van der Waals surface area contributed by atoms with Gasteiger partial charge in [-0.2, -0.15) is 5.10 Å². The molecule has 0 bridgehead atoms. The van der Waals surface area contributed by atoms with Crippen LogP contribution < -0.4 is 20.2 Å². The standard InChI is InChI=1S/C27H27BrClN3O4/c1-17(2)25(31-26(33)20-7-11-22(35-3)12-8-20)27(34)32-30-15-19-6-13-24(23(28)14-19)36-16-18-4-9-21(29)10-5-18/h4-15,17,25H,16H2,1-3H3,(H,31,33)(H,32,34). The number of methoxy groups -OCH3 is 1.